The van der Waals surface area contributed by atoms with E-state index in [1.807, 2.05) is 47.1 Å². The minimum absolute atomic E-state index is 0.0231. The van der Waals surface area contributed by atoms with Crippen LogP contribution in [-0.4, -0.2) is 40.3 Å². The Balaban J connectivity index is 1.50. The molecule has 1 saturated heterocycles. The Labute approximate surface area is 148 Å². The van der Waals surface area contributed by atoms with Gasteiger partial charge in [0.25, 0.3) is 0 Å². The van der Waals surface area contributed by atoms with Gasteiger partial charge in [0, 0.05) is 25.8 Å². The first-order valence-corrected chi connectivity index (χ1v) is 8.68. The molecule has 6 heteroatoms. The summed E-state index contributed by atoms with van der Waals surface area (Å²) < 4.78 is 1.97. The summed E-state index contributed by atoms with van der Waals surface area (Å²) in [6.45, 7) is 4.07. The molecule has 2 aromatic rings. The second kappa shape index (κ2) is 7.84. The maximum absolute atomic E-state index is 12.4. The molecule has 1 aromatic carbocycles. The number of benzene rings is 1. The zero-order valence-corrected chi connectivity index (χ0v) is 14.5. The lowest BCUT2D eigenvalue weighted by Gasteiger charge is -2.32. The van der Waals surface area contributed by atoms with Crippen molar-refractivity contribution in [1.29, 1.82) is 5.26 Å². The number of amides is 2. The Morgan fingerprint density at radius 3 is 3.12 bits per heavy atom. The van der Waals surface area contributed by atoms with Gasteiger partial charge in [0.2, 0.25) is 0 Å². The molecule has 1 aromatic heterocycles. The molecule has 25 heavy (non-hydrogen) atoms. The highest BCUT2D eigenvalue weighted by molar-refractivity contribution is 5.74. The number of aromatic nitrogens is 2. The molecule has 6 nitrogen and oxygen atoms in total. The minimum Gasteiger partial charge on any atom is -0.338 e. The standard InChI is InChI=1S/C19H23N5O/c1-15-12-22-24(13-15)18-6-3-9-23(14-18)19(25)21-8-7-16-4-2-5-17(10-16)11-20/h2,4-5,10,12-13,18H,3,6-9,14H2,1H3,(H,21,25)/t18-/m1/s1. The Morgan fingerprint density at radius 2 is 2.36 bits per heavy atom. The molecule has 0 radical (unpaired) electrons. The van der Waals surface area contributed by atoms with Gasteiger partial charge in [0.1, 0.15) is 0 Å². The number of piperidine rings is 1. The molecular formula is C19H23N5O. The SMILES string of the molecule is Cc1cnn([C@@H]2CCCN(C(=O)NCCc3cccc(C#N)c3)C2)c1. The van der Waals surface area contributed by atoms with Gasteiger partial charge in [-0.2, -0.15) is 10.4 Å². The maximum Gasteiger partial charge on any atom is 0.317 e. The Kier molecular flexibility index (Phi) is 5.34. The highest BCUT2D eigenvalue weighted by Gasteiger charge is 2.24. The summed E-state index contributed by atoms with van der Waals surface area (Å²) in [6.07, 6.45) is 6.65. The lowest BCUT2D eigenvalue weighted by molar-refractivity contribution is 0.163. The number of nitrogens with one attached hydrogen (secondary N) is 1. The number of hydrogen-bond acceptors (Lipinski definition) is 3. The first-order valence-electron chi connectivity index (χ1n) is 8.68. The largest absolute Gasteiger partial charge is 0.338 e. The first-order chi connectivity index (χ1) is 12.2. The van der Waals surface area contributed by atoms with Crippen molar-refractivity contribution in [1.82, 2.24) is 20.0 Å². The molecule has 0 aliphatic carbocycles. The second-order valence-electron chi connectivity index (χ2n) is 6.53. The van der Waals surface area contributed by atoms with Gasteiger partial charge in [-0.15, -0.1) is 0 Å². The number of urea groups is 1. The van der Waals surface area contributed by atoms with Crippen LogP contribution in [0.1, 0.15) is 35.6 Å². The van der Waals surface area contributed by atoms with Crippen LogP contribution in [0.25, 0.3) is 0 Å². The molecule has 3 rings (SSSR count). The van der Waals surface area contributed by atoms with Crippen LogP contribution in [0.5, 0.6) is 0 Å². The predicted molar refractivity (Wildman–Crippen MR) is 95.1 cm³/mol. The zero-order chi connectivity index (χ0) is 17.6. The molecule has 1 N–H and O–H groups in total. The molecule has 0 bridgehead atoms. The number of hydrogen-bond donors (Lipinski definition) is 1. The van der Waals surface area contributed by atoms with Crippen LogP contribution in [-0.2, 0) is 6.42 Å². The fraction of sp³-hybridized carbons (Fsp3) is 0.421. The number of nitrogens with zero attached hydrogens (tertiary/aromatic N) is 4. The van der Waals surface area contributed by atoms with Gasteiger partial charge in [-0.3, -0.25) is 4.68 Å². The van der Waals surface area contributed by atoms with E-state index in [0.29, 0.717) is 18.7 Å². The van der Waals surface area contributed by atoms with Crippen molar-refractivity contribution in [3.05, 3.63) is 53.3 Å². The van der Waals surface area contributed by atoms with Crippen LogP contribution in [0.15, 0.2) is 36.7 Å². The van der Waals surface area contributed by atoms with Crippen molar-refractivity contribution in [3.63, 3.8) is 0 Å². The molecule has 2 heterocycles. The van der Waals surface area contributed by atoms with E-state index >= 15 is 0 Å². The van der Waals surface area contributed by atoms with E-state index in [-0.39, 0.29) is 12.1 Å². The number of nitriles is 1. The number of likely N-dealkylation sites (tertiary alicyclic amines) is 1. The van der Waals surface area contributed by atoms with Gasteiger partial charge in [-0.05, 0) is 49.4 Å². The summed E-state index contributed by atoms with van der Waals surface area (Å²) in [5, 5.41) is 16.3. The summed E-state index contributed by atoms with van der Waals surface area (Å²) in [7, 11) is 0. The normalized spacial score (nSPS) is 17.1. The third-order valence-corrected chi connectivity index (χ3v) is 4.53. The average molecular weight is 337 g/mol. The molecule has 2 amide bonds. The van der Waals surface area contributed by atoms with E-state index in [1.165, 1.54) is 0 Å². The summed E-state index contributed by atoms with van der Waals surface area (Å²) in [5.41, 5.74) is 2.85. The average Bonchev–Trinajstić information content (AvgIpc) is 3.08. The second-order valence-corrected chi connectivity index (χ2v) is 6.53. The van der Waals surface area contributed by atoms with Crippen LogP contribution in [0.3, 0.4) is 0 Å². The van der Waals surface area contributed by atoms with Gasteiger partial charge in [0.05, 0.1) is 23.9 Å². The topological polar surface area (TPSA) is 74.0 Å². The monoisotopic (exact) mass is 337 g/mol. The van der Waals surface area contributed by atoms with Gasteiger partial charge >= 0.3 is 6.03 Å². The Morgan fingerprint density at radius 1 is 1.48 bits per heavy atom. The van der Waals surface area contributed by atoms with E-state index in [9.17, 15) is 4.79 Å². The number of aryl methyl sites for hydroxylation is 1. The van der Waals surface area contributed by atoms with Crippen molar-refractivity contribution < 1.29 is 4.79 Å². The molecule has 0 unspecified atom stereocenters. The summed E-state index contributed by atoms with van der Waals surface area (Å²) >= 11 is 0. The van der Waals surface area contributed by atoms with Gasteiger partial charge < -0.3 is 10.2 Å². The van der Waals surface area contributed by atoms with Crippen LogP contribution >= 0.6 is 0 Å². The molecule has 1 aliphatic rings. The van der Waals surface area contributed by atoms with Gasteiger partial charge in [-0.25, -0.2) is 4.79 Å². The van der Waals surface area contributed by atoms with Crippen molar-refractivity contribution in [2.45, 2.75) is 32.2 Å². The number of carbonyl (C=O) groups is 1. The van der Waals surface area contributed by atoms with Crippen molar-refractivity contribution in [2.24, 2.45) is 0 Å². The molecule has 130 valence electrons. The van der Waals surface area contributed by atoms with Gasteiger partial charge in [-0.1, -0.05) is 12.1 Å². The van der Waals surface area contributed by atoms with Crippen LogP contribution < -0.4 is 5.32 Å². The van der Waals surface area contributed by atoms with Crippen LogP contribution in [0, 0.1) is 18.3 Å². The Bertz CT molecular complexity index is 776. The fourth-order valence-electron chi connectivity index (χ4n) is 3.21. The summed E-state index contributed by atoms with van der Waals surface area (Å²) in [4.78, 5) is 14.3. The van der Waals surface area contributed by atoms with Crippen molar-refractivity contribution >= 4 is 6.03 Å². The maximum atomic E-state index is 12.4. The van der Waals surface area contributed by atoms with Crippen molar-refractivity contribution in [2.75, 3.05) is 19.6 Å². The lowest BCUT2D eigenvalue weighted by atomic mass is 10.1. The minimum atomic E-state index is -0.0231. The third-order valence-electron chi connectivity index (χ3n) is 4.53. The lowest BCUT2D eigenvalue weighted by Crippen LogP contribution is -2.46. The molecular weight excluding hydrogens is 314 g/mol. The smallest absolute Gasteiger partial charge is 0.317 e. The summed E-state index contributed by atoms with van der Waals surface area (Å²) in [6, 6.07) is 9.86. The highest BCUT2D eigenvalue weighted by atomic mass is 16.2. The van der Waals surface area contributed by atoms with E-state index < -0.39 is 0 Å². The van der Waals surface area contributed by atoms with Crippen molar-refractivity contribution in [3.8, 4) is 6.07 Å². The van der Waals surface area contributed by atoms with E-state index in [1.54, 1.807) is 6.07 Å². The van der Waals surface area contributed by atoms with E-state index in [0.717, 1.165) is 36.9 Å². The fourth-order valence-corrected chi connectivity index (χ4v) is 3.21. The predicted octanol–water partition coefficient (Wildman–Crippen LogP) is 2.65. The summed E-state index contributed by atoms with van der Waals surface area (Å²) in [5.74, 6) is 0. The van der Waals surface area contributed by atoms with E-state index in [2.05, 4.69) is 16.5 Å². The molecule has 1 aliphatic heterocycles. The third kappa shape index (κ3) is 4.38. The molecule has 0 saturated carbocycles. The Hall–Kier alpha value is -2.81. The van der Waals surface area contributed by atoms with Crippen LogP contribution in [0.2, 0.25) is 0 Å². The van der Waals surface area contributed by atoms with E-state index in [4.69, 9.17) is 5.26 Å². The molecule has 0 spiro atoms. The quantitative estimate of drug-likeness (QED) is 0.932. The zero-order valence-electron chi connectivity index (χ0n) is 14.5. The number of rotatable bonds is 4. The van der Waals surface area contributed by atoms with Crippen LogP contribution in [0.4, 0.5) is 4.79 Å². The number of carbonyl (C=O) groups excluding carboxylic acids is 1. The first kappa shape index (κ1) is 17.0. The van der Waals surface area contributed by atoms with Gasteiger partial charge in [0.15, 0.2) is 0 Å². The molecule has 1 fully saturated rings. The highest BCUT2D eigenvalue weighted by Crippen LogP contribution is 2.21. The molecule has 1 atom stereocenters.